The highest BCUT2D eigenvalue weighted by molar-refractivity contribution is 9.10. The van der Waals surface area contributed by atoms with Gasteiger partial charge in [0.2, 0.25) is 5.88 Å². The molecule has 3 nitrogen and oxygen atoms in total. The van der Waals surface area contributed by atoms with E-state index in [9.17, 15) is 0 Å². The molecule has 2 rings (SSSR count). The third-order valence-electron chi connectivity index (χ3n) is 2.70. The molecule has 4 heteroatoms. The average molecular weight is 307 g/mol. The van der Waals surface area contributed by atoms with E-state index in [1.807, 2.05) is 37.3 Å². The Hall–Kier alpha value is -1.55. The van der Waals surface area contributed by atoms with Crippen LogP contribution >= 0.6 is 15.9 Å². The lowest BCUT2D eigenvalue weighted by Crippen LogP contribution is -2.04. The zero-order chi connectivity index (χ0) is 13.0. The van der Waals surface area contributed by atoms with Crippen molar-refractivity contribution in [3.8, 4) is 5.88 Å². The second-order valence-corrected chi connectivity index (χ2v) is 4.92. The minimum Gasteiger partial charge on any atom is -0.477 e. The van der Waals surface area contributed by atoms with Crippen molar-refractivity contribution in [2.45, 2.75) is 13.3 Å². The summed E-state index contributed by atoms with van der Waals surface area (Å²) >= 11 is 3.41. The fraction of sp³-hybridized carbons (Fsp3) is 0.214. The van der Waals surface area contributed by atoms with Crippen molar-refractivity contribution in [3.05, 3.63) is 52.1 Å². The largest absolute Gasteiger partial charge is 0.477 e. The summed E-state index contributed by atoms with van der Waals surface area (Å²) in [5.41, 5.74) is 8.89. The van der Waals surface area contributed by atoms with E-state index in [1.165, 1.54) is 0 Å². The Kier molecular flexibility index (Phi) is 4.20. The molecule has 2 aromatic rings. The van der Waals surface area contributed by atoms with E-state index in [2.05, 4.69) is 20.9 Å². The molecule has 0 aliphatic carbocycles. The molecule has 0 aliphatic rings. The molecule has 0 unspecified atom stereocenters. The summed E-state index contributed by atoms with van der Waals surface area (Å²) in [6, 6.07) is 9.74. The minimum atomic E-state index is 0.572. The minimum absolute atomic E-state index is 0.572. The molecule has 18 heavy (non-hydrogen) atoms. The molecule has 0 radical (unpaired) electrons. The monoisotopic (exact) mass is 306 g/mol. The van der Waals surface area contributed by atoms with Crippen molar-refractivity contribution in [2.24, 2.45) is 0 Å². The molecule has 94 valence electrons. The summed E-state index contributed by atoms with van der Waals surface area (Å²) in [6.45, 7) is 2.58. The van der Waals surface area contributed by atoms with Crippen molar-refractivity contribution >= 4 is 21.6 Å². The molecular formula is C14H15BrN2O. The number of rotatable bonds is 4. The number of aryl methyl sites for hydroxylation is 1. The van der Waals surface area contributed by atoms with Crippen molar-refractivity contribution in [2.75, 3.05) is 12.3 Å². The predicted molar refractivity (Wildman–Crippen MR) is 76.7 cm³/mol. The average Bonchev–Trinajstić information content (AvgIpc) is 2.36. The number of nitrogen functional groups attached to an aromatic ring is 1. The summed E-state index contributed by atoms with van der Waals surface area (Å²) in [5.74, 6) is 0.644. The first-order chi connectivity index (χ1) is 8.66. The summed E-state index contributed by atoms with van der Waals surface area (Å²) in [6.07, 6.45) is 2.53. The zero-order valence-electron chi connectivity index (χ0n) is 10.2. The number of ether oxygens (including phenoxy) is 1. The van der Waals surface area contributed by atoms with Gasteiger partial charge in [-0.1, -0.05) is 18.2 Å². The zero-order valence-corrected chi connectivity index (χ0v) is 11.8. The van der Waals surface area contributed by atoms with Crippen LogP contribution in [0.1, 0.15) is 11.1 Å². The quantitative estimate of drug-likeness (QED) is 0.881. The van der Waals surface area contributed by atoms with Gasteiger partial charge in [-0.05, 0) is 40.0 Å². The maximum absolute atomic E-state index is 5.87. The Morgan fingerprint density at radius 2 is 2.11 bits per heavy atom. The van der Waals surface area contributed by atoms with Crippen molar-refractivity contribution in [3.63, 3.8) is 0 Å². The lowest BCUT2D eigenvalue weighted by Gasteiger charge is -2.08. The van der Waals surface area contributed by atoms with Gasteiger partial charge in [0.1, 0.15) is 0 Å². The van der Waals surface area contributed by atoms with Crippen molar-refractivity contribution in [1.82, 2.24) is 4.98 Å². The second-order valence-electron chi connectivity index (χ2n) is 4.07. The molecule has 0 saturated carbocycles. The number of nitrogens with zero attached hydrogens (tertiary/aromatic N) is 1. The first kappa shape index (κ1) is 12.9. The fourth-order valence-corrected chi connectivity index (χ4v) is 1.84. The summed E-state index contributed by atoms with van der Waals surface area (Å²) in [5, 5.41) is 0. The van der Waals surface area contributed by atoms with Crippen LogP contribution in [0.25, 0.3) is 0 Å². The van der Waals surface area contributed by atoms with Gasteiger partial charge in [-0.2, -0.15) is 0 Å². The number of hydrogen-bond donors (Lipinski definition) is 1. The highest BCUT2D eigenvalue weighted by Gasteiger charge is 2.01. The van der Waals surface area contributed by atoms with Crippen molar-refractivity contribution in [1.29, 1.82) is 0 Å². The molecule has 1 heterocycles. The van der Waals surface area contributed by atoms with E-state index >= 15 is 0 Å². The molecule has 0 amide bonds. The lowest BCUT2D eigenvalue weighted by molar-refractivity contribution is 0.309. The van der Waals surface area contributed by atoms with E-state index in [0.29, 0.717) is 12.5 Å². The molecule has 2 N–H and O–H groups in total. The van der Waals surface area contributed by atoms with Crippen molar-refractivity contribution < 1.29 is 4.74 Å². The van der Waals surface area contributed by atoms with E-state index in [0.717, 1.165) is 27.7 Å². The van der Waals surface area contributed by atoms with Crippen LogP contribution in [0.5, 0.6) is 5.88 Å². The number of hydrogen-bond acceptors (Lipinski definition) is 3. The number of anilines is 1. The predicted octanol–water partition coefficient (Wildman–Crippen LogP) is 3.36. The van der Waals surface area contributed by atoms with Gasteiger partial charge in [-0.25, -0.2) is 4.98 Å². The van der Waals surface area contributed by atoms with E-state index < -0.39 is 0 Å². The number of para-hydroxylation sites is 1. The molecule has 0 spiro atoms. The van der Waals surface area contributed by atoms with Crippen LogP contribution in [0.15, 0.2) is 41.0 Å². The Labute approximate surface area is 115 Å². The number of nitrogens with two attached hydrogens (primary N) is 1. The number of halogens is 1. The standard InChI is InChI=1S/C14H15BrN2O/c1-10-8-14(17-9-12(10)15)18-7-6-11-4-2-3-5-13(11)16/h2-5,8-9H,6-7,16H2,1H3. The Morgan fingerprint density at radius 1 is 1.33 bits per heavy atom. The van der Waals surface area contributed by atoms with Crippen LogP contribution in [-0.2, 0) is 6.42 Å². The first-order valence-corrected chi connectivity index (χ1v) is 6.54. The molecule has 0 bridgehead atoms. The molecular weight excluding hydrogens is 292 g/mol. The van der Waals surface area contributed by atoms with Crippen LogP contribution in [0.2, 0.25) is 0 Å². The normalized spacial score (nSPS) is 10.3. The molecule has 0 atom stereocenters. The smallest absolute Gasteiger partial charge is 0.213 e. The van der Waals surface area contributed by atoms with Gasteiger partial charge >= 0.3 is 0 Å². The Morgan fingerprint density at radius 3 is 2.83 bits per heavy atom. The fourth-order valence-electron chi connectivity index (χ4n) is 1.62. The summed E-state index contributed by atoms with van der Waals surface area (Å²) in [4.78, 5) is 4.19. The first-order valence-electron chi connectivity index (χ1n) is 5.75. The van der Waals surface area contributed by atoms with Gasteiger partial charge in [0.25, 0.3) is 0 Å². The molecule has 0 aliphatic heterocycles. The number of benzene rings is 1. The second kappa shape index (κ2) is 5.87. The Balaban J connectivity index is 1.92. The molecule has 1 aromatic carbocycles. The van der Waals surface area contributed by atoms with Crippen LogP contribution in [0.3, 0.4) is 0 Å². The number of pyridine rings is 1. The van der Waals surface area contributed by atoms with Crippen LogP contribution in [-0.4, -0.2) is 11.6 Å². The molecule has 1 aromatic heterocycles. The highest BCUT2D eigenvalue weighted by atomic mass is 79.9. The third kappa shape index (κ3) is 3.23. The molecule has 0 fully saturated rings. The summed E-state index contributed by atoms with van der Waals surface area (Å²) in [7, 11) is 0. The van der Waals surface area contributed by atoms with E-state index in [1.54, 1.807) is 6.20 Å². The van der Waals surface area contributed by atoms with Gasteiger partial charge < -0.3 is 10.5 Å². The third-order valence-corrected chi connectivity index (χ3v) is 3.53. The van der Waals surface area contributed by atoms with Gasteiger partial charge in [0.15, 0.2) is 0 Å². The lowest BCUT2D eigenvalue weighted by atomic mass is 10.1. The van der Waals surface area contributed by atoms with Crippen LogP contribution < -0.4 is 10.5 Å². The van der Waals surface area contributed by atoms with Gasteiger partial charge in [0.05, 0.1) is 6.61 Å². The summed E-state index contributed by atoms with van der Waals surface area (Å²) < 4.78 is 6.60. The van der Waals surface area contributed by atoms with Gasteiger partial charge in [-0.3, -0.25) is 0 Å². The highest BCUT2D eigenvalue weighted by Crippen LogP contribution is 2.19. The van der Waals surface area contributed by atoms with Crippen LogP contribution in [0, 0.1) is 6.92 Å². The number of aromatic nitrogens is 1. The van der Waals surface area contributed by atoms with Gasteiger partial charge in [-0.15, -0.1) is 0 Å². The van der Waals surface area contributed by atoms with E-state index in [-0.39, 0.29) is 0 Å². The molecule has 0 saturated heterocycles. The maximum atomic E-state index is 5.87. The van der Waals surface area contributed by atoms with Crippen LogP contribution in [0.4, 0.5) is 5.69 Å². The maximum Gasteiger partial charge on any atom is 0.213 e. The van der Waals surface area contributed by atoms with Gasteiger partial charge in [0, 0.05) is 28.8 Å². The van der Waals surface area contributed by atoms with E-state index in [4.69, 9.17) is 10.5 Å². The Bertz CT molecular complexity index is 543. The SMILES string of the molecule is Cc1cc(OCCc2ccccc2N)ncc1Br. The topological polar surface area (TPSA) is 48.1 Å².